The first-order valence-corrected chi connectivity index (χ1v) is 31.9. The van der Waals surface area contributed by atoms with Gasteiger partial charge in [0.25, 0.3) is 0 Å². The smallest absolute Gasteiger partial charge is 0.481 e. The first-order valence-electron chi connectivity index (χ1n) is 27.8. The van der Waals surface area contributed by atoms with Crippen LogP contribution in [0.25, 0.3) is 0 Å². The molecule has 0 spiro atoms. The number of aliphatic hydroxyl groups is 3. The van der Waals surface area contributed by atoms with Gasteiger partial charge in [-0.1, -0.05) is 149 Å². The van der Waals surface area contributed by atoms with Crippen LogP contribution in [0.5, 0.6) is 0 Å². The summed E-state index contributed by atoms with van der Waals surface area (Å²) in [5, 5.41) is 40.5. The molecule has 0 radical (unpaired) electrons. The number of nitrogens with zero attached hydrogens (tertiary/aromatic N) is 2. The maximum absolute atomic E-state index is 13.4. The van der Waals surface area contributed by atoms with Crippen molar-refractivity contribution in [3.8, 4) is 0 Å². The van der Waals surface area contributed by atoms with Gasteiger partial charge in [0.1, 0.15) is 36.8 Å². The van der Waals surface area contributed by atoms with E-state index in [2.05, 4.69) is 71.8 Å². The minimum absolute atomic E-state index is 0.105. The summed E-state index contributed by atoms with van der Waals surface area (Å²) < 4.78 is 57.0. The van der Waals surface area contributed by atoms with E-state index < -0.39 is 107 Å². The minimum atomic E-state index is -5.60. The molecule has 1 aromatic rings. The molecule has 0 amide bonds. The monoisotopic (exact) mass is 1210 g/mol. The Balaban J connectivity index is 2.08. The number of anilines is 1. The summed E-state index contributed by atoms with van der Waals surface area (Å²) in [7, 11) is -11.2. The molecule has 10 N–H and O–H groups in total. The van der Waals surface area contributed by atoms with Crippen molar-refractivity contribution in [1.82, 2.24) is 9.55 Å². The minimum Gasteiger partial charge on any atom is -0.481 e. The number of ether oxygens (including phenoxy) is 3. The van der Waals surface area contributed by atoms with E-state index >= 15 is 0 Å². The molecule has 1 fully saturated rings. The second-order valence-electron chi connectivity index (χ2n) is 18.9. The van der Waals surface area contributed by atoms with Gasteiger partial charge < -0.3 is 55.9 Å². The molecular weight excluding hydrogens is 1120 g/mol. The van der Waals surface area contributed by atoms with Crippen molar-refractivity contribution >= 4 is 51.1 Å². The number of carboxylic acids is 1. The van der Waals surface area contributed by atoms with E-state index in [1.165, 1.54) is 31.7 Å². The number of thioether (sulfide) groups is 1. The number of hydrogen-bond acceptors (Lipinski definition) is 19. The summed E-state index contributed by atoms with van der Waals surface area (Å²) in [5.41, 5.74) is 10.8. The number of aliphatic hydroxyl groups excluding tert-OH is 3. The van der Waals surface area contributed by atoms with Crippen LogP contribution in [0.2, 0.25) is 0 Å². The summed E-state index contributed by atoms with van der Waals surface area (Å²) in [6, 6.07) is -0.189. The summed E-state index contributed by atoms with van der Waals surface area (Å²) >= 11 is 1.07. The Morgan fingerprint density at radius 2 is 1.32 bits per heavy atom. The zero-order chi connectivity index (χ0) is 60.4. The highest BCUT2D eigenvalue weighted by atomic mass is 32.2. The molecule has 82 heavy (non-hydrogen) atoms. The number of carbonyl (C=O) groups is 3. The molecule has 0 bridgehead atoms. The van der Waals surface area contributed by atoms with Gasteiger partial charge in [-0.2, -0.15) is 9.29 Å². The van der Waals surface area contributed by atoms with Crippen molar-refractivity contribution in [2.45, 2.75) is 177 Å². The molecule has 2 heterocycles. The molecule has 0 aromatic carbocycles. The number of unbranched alkanes of at least 4 members (excludes halogenated alkanes) is 6. The van der Waals surface area contributed by atoms with Gasteiger partial charge in [0, 0.05) is 30.0 Å². The van der Waals surface area contributed by atoms with Crippen LogP contribution in [-0.4, -0.2) is 125 Å². The largest absolute Gasteiger partial charge is 0.481 e. The van der Waals surface area contributed by atoms with E-state index in [0.717, 1.165) is 73.9 Å². The number of esters is 2. The molecule has 2 rings (SSSR count). The fourth-order valence-corrected chi connectivity index (χ4v) is 10.6. The number of phosphoric ester groups is 2. The number of allylic oxidation sites excluding steroid dienone is 17. The Morgan fingerprint density at radius 3 is 1.90 bits per heavy atom. The van der Waals surface area contributed by atoms with Gasteiger partial charge in [-0.3, -0.25) is 28.0 Å². The molecule has 10 atom stereocenters. The van der Waals surface area contributed by atoms with Crippen LogP contribution in [0.1, 0.15) is 136 Å². The van der Waals surface area contributed by atoms with Crippen LogP contribution in [0.4, 0.5) is 5.82 Å². The lowest BCUT2D eigenvalue weighted by atomic mass is 10.1. The molecule has 2 unspecified atom stereocenters. The third kappa shape index (κ3) is 34.7. The first-order chi connectivity index (χ1) is 39.3. The highest BCUT2D eigenvalue weighted by Gasteiger charge is 2.46. The number of aromatic nitrogens is 2. The predicted octanol–water partition coefficient (Wildman–Crippen LogP) is 9.09. The average Bonchev–Trinajstić information content (AvgIpc) is 4.00. The fraction of sp³-hybridized carbons (Fsp3) is 0.561. The molecule has 1 aliphatic heterocycles. The number of nitrogens with two attached hydrogens (primary N) is 2. The third-order valence-electron chi connectivity index (χ3n) is 11.8. The maximum Gasteiger partial charge on any atom is 0.481 e. The quantitative estimate of drug-likeness (QED) is 0.00991. The van der Waals surface area contributed by atoms with Gasteiger partial charge in [-0.25, -0.2) is 13.9 Å². The van der Waals surface area contributed by atoms with Gasteiger partial charge in [-0.05, 0) is 83.1 Å². The fourth-order valence-electron chi connectivity index (χ4n) is 7.37. The van der Waals surface area contributed by atoms with Crippen LogP contribution >= 0.6 is 27.4 Å². The molecule has 1 aliphatic rings. The Bertz CT molecular complexity index is 2440. The SMILES string of the molecule is CCCCC/C=C\C\C=C/C=C/C=C/[C@@H](SC[C@H](N)C(=O)O[C@H](COC(=O)CC/C=C\C/C=C\C/C=C\C/C=C\C/C=C\CCCCC)COP(=O)(O)OP(=O)(O)OC[C@H]1O[C@@H](n2ccc(N)nc2=O)[C@H](O)[C@@H]1O)[C@@H](O)CCCC(=O)O. The average molecular weight is 1210 g/mol. The standard InChI is InChI=1S/C57H88N4O18P2S/c1-3-5-7-9-11-13-15-17-18-19-20-21-22-23-25-27-29-31-33-38-52(65)74-41-45(42-75-80(70,71)79-81(72,73)76-43-48-53(66)54(67)55(78-48)61-40-39-50(59)60-57(61)69)77-56(68)46(58)44-82-49(47(62)35-34-37-51(63)64)36-32-30-28-26-24-16-14-12-10-8-6-4-2/h11-14,17-18,20-21,23-26,28-32,36,39-40,45-49,53-55,62,66-67H,3-10,15-16,19,22,27,33-35,37-38,41-44,58H2,1-2H3,(H,63,64)(H,70,71)(H,72,73)(H2,59,60,69)/b13-11-,14-12-,18-17-,21-20-,25-23-,26-24-,30-28+,31-29-,36-32+/t45-,46+,47+,48-,49-,53-,54-,55-/m1/s1. The van der Waals surface area contributed by atoms with Crippen LogP contribution in [0.3, 0.4) is 0 Å². The highest BCUT2D eigenvalue weighted by molar-refractivity contribution is 8.00. The zero-order valence-electron chi connectivity index (χ0n) is 47.2. The van der Waals surface area contributed by atoms with Gasteiger partial charge in [0.05, 0.1) is 19.3 Å². The van der Waals surface area contributed by atoms with Crippen molar-refractivity contribution in [3.05, 3.63) is 132 Å². The Morgan fingerprint density at radius 1 is 0.756 bits per heavy atom. The summed E-state index contributed by atoms with van der Waals surface area (Å²) in [6.45, 7) is 1.53. The molecule has 25 heteroatoms. The van der Waals surface area contributed by atoms with Crippen molar-refractivity contribution in [1.29, 1.82) is 0 Å². The van der Waals surface area contributed by atoms with Gasteiger partial charge >= 0.3 is 39.2 Å². The lowest BCUT2D eigenvalue weighted by Gasteiger charge is -2.23. The number of hydrogen-bond donors (Lipinski definition) is 8. The normalized spacial score (nSPS) is 20.1. The van der Waals surface area contributed by atoms with Crippen molar-refractivity contribution in [2.24, 2.45) is 5.73 Å². The van der Waals surface area contributed by atoms with E-state index in [4.69, 9.17) is 39.8 Å². The van der Waals surface area contributed by atoms with Gasteiger partial charge in [-0.15, -0.1) is 11.8 Å². The van der Waals surface area contributed by atoms with E-state index in [1.807, 2.05) is 30.4 Å². The van der Waals surface area contributed by atoms with E-state index in [0.29, 0.717) is 6.42 Å². The number of rotatable bonds is 45. The zero-order valence-corrected chi connectivity index (χ0v) is 49.8. The number of carbonyl (C=O) groups excluding carboxylic acids is 2. The Labute approximate surface area is 486 Å². The topological polar surface area (TPSA) is 349 Å². The number of aliphatic carboxylic acids is 1. The predicted molar refractivity (Wildman–Crippen MR) is 317 cm³/mol. The third-order valence-corrected chi connectivity index (χ3v) is 15.9. The summed E-state index contributed by atoms with van der Waals surface area (Å²) in [5.74, 6) is -3.16. The molecule has 1 saturated heterocycles. The molecule has 22 nitrogen and oxygen atoms in total. The Hall–Kier alpha value is -4.84. The molecule has 0 aliphatic carbocycles. The Kier molecular flexibility index (Phi) is 39.1. The van der Waals surface area contributed by atoms with Gasteiger partial charge in [0.15, 0.2) is 12.3 Å². The van der Waals surface area contributed by atoms with E-state index in [9.17, 15) is 53.4 Å². The molecule has 0 saturated carbocycles. The molecule has 1 aromatic heterocycles. The van der Waals surface area contributed by atoms with Crippen LogP contribution in [0, 0.1) is 0 Å². The second-order valence-corrected chi connectivity index (χ2v) is 23.2. The molecule has 460 valence electrons. The van der Waals surface area contributed by atoms with Crippen LogP contribution < -0.4 is 17.2 Å². The lowest BCUT2D eigenvalue weighted by molar-refractivity contribution is -0.161. The van der Waals surface area contributed by atoms with Gasteiger partial charge in [0.2, 0.25) is 0 Å². The summed E-state index contributed by atoms with van der Waals surface area (Å²) in [4.78, 5) is 74.1. The van der Waals surface area contributed by atoms with E-state index in [1.54, 1.807) is 30.4 Å². The summed E-state index contributed by atoms with van der Waals surface area (Å²) in [6.07, 6.45) is 40.9. The van der Waals surface area contributed by atoms with Crippen molar-refractivity contribution in [3.63, 3.8) is 0 Å². The van der Waals surface area contributed by atoms with E-state index in [-0.39, 0.29) is 43.7 Å². The van der Waals surface area contributed by atoms with Crippen LogP contribution in [0.15, 0.2) is 126 Å². The maximum atomic E-state index is 13.4. The van der Waals surface area contributed by atoms with Crippen molar-refractivity contribution < 1.29 is 81.3 Å². The lowest BCUT2D eigenvalue weighted by Crippen LogP contribution is -2.40. The molecular formula is C57H88N4O18P2S. The number of nitrogen functional groups attached to an aromatic ring is 1. The first kappa shape index (κ1) is 73.3. The highest BCUT2D eigenvalue weighted by Crippen LogP contribution is 2.60. The second kappa shape index (κ2) is 43.8. The van der Waals surface area contributed by atoms with Crippen LogP contribution in [-0.2, 0) is 51.1 Å². The number of carboxylic acid groups (broad SMARTS) is 1. The van der Waals surface area contributed by atoms with Crippen molar-refractivity contribution in [2.75, 3.05) is 31.3 Å². The number of phosphoric acid groups is 2.